The maximum absolute atomic E-state index is 5.73. The molecular formula is C13H25N3O2. The van der Waals surface area contributed by atoms with Crippen LogP contribution in [0, 0.1) is 5.41 Å². The molecule has 0 radical (unpaired) electrons. The second kappa shape index (κ2) is 6.85. The summed E-state index contributed by atoms with van der Waals surface area (Å²) in [5.74, 6) is 1.35. The van der Waals surface area contributed by atoms with E-state index < -0.39 is 0 Å². The number of nitrogens with one attached hydrogen (secondary N) is 1. The summed E-state index contributed by atoms with van der Waals surface area (Å²) in [4.78, 5) is 4.44. The molecule has 1 aromatic rings. The van der Waals surface area contributed by atoms with Crippen LogP contribution in [-0.2, 0) is 11.2 Å². The van der Waals surface area contributed by atoms with Crippen LogP contribution in [0.2, 0.25) is 0 Å². The first-order valence-corrected chi connectivity index (χ1v) is 6.57. The first-order valence-electron chi connectivity index (χ1n) is 6.57. The molecule has 1 rings (SSSR count). The largest absolute Gasteiger partial charge is 0.370 e. The van der Waals surface area contributed by atoms with Crippen LogP contribution in [0.3, 0.4) is 0 Å². The van der Waals surface area contributed by atoms with Gasteiger partial charge in [-0.3, -0.25) is 0 Å². The predicted octanol–water partition coefficient (Wildman–Crippen LogP) is 2.35. The molecule has 0 spiro atoms. The van der Waals surface area contributed by atoms with Crippen molar-refractivity contribution in [3.8, 4) is 0 Å². The van der Waals surface area contributed by atoms with Gasteiger partial charge in [0.2, 0.25) is 11.7 Å². The van der Waals surface area contributed by atoms with Crippen molar-refractivity contribution in [2.75, 3.05) is 20.2 Å². The zero-order valence-electron chi connectivity index (χ0n) is 12.1. The Kier molecular flexibility index (Phi) is 5.75. The molecule has 1 heterocycles. The van der Waals surface area contributed by atoms with Crippen LogP contribution in [0.25, 0.3) is 0 Å². The summed E-state index contributed by atoms with van der Waals surface area (Å²) in [6.45, 7) is 9.92. The number of rotatable bonds is 7. The lowest BCUT2D eigenvalue weighted by atomic mass is 9.88. The molecule has 1 atom stereocenters. The average Bonchev–Trinajstić information content (AvgIpc) is 2.73. The lowest BCUT2D eigenvalue weighted by molar-refractivity contribution is -0.0203. The molecule has 0 amide bonds. The highest BCUT2D eigenvalue weighted by Crippen LogP contribution is 2.34. The molecule has 1 N–H and O–H groups in total. The first-order chi connectivity index (χ1) is 8.49. The van der Waals surface area contributed by atoms with E-state index in [0.717, 1.165) is 19.4 Å². The maximum atomic E-state index is 5.73. The van der Waals surface area contributed by atoms with Crippen LogP contribution in [0.5, 0.6) is 0 Å². The van der Waals surface area contributed by atoms with E-state index in [1.165, 1.54) is 0 Å². The summed E-state index contributed by atoms with van der Waals surface area (Å²) in [6, 6.07) is 0. The molecule has 0 aliphatic rings. The minimum atomic E-state index is -0.121. The van der Waals surface area contributed by atoms with Gasteiger partial charge in [0.25, 0.3) is 0 Å². The van der Waals surface area contributed by atoms with E-state index in [4.69, 9.17) is 9.26 Å². The van der Waals surface area contributed by atoms with Gasteiger partial charge in [-0.2, -0.15) is 4.98 Å². The second-order valence-corrected chi connectivity index (χ2v) is 5.45. The third-order valence-electron chi connectivity index (χ3n) is 2.66. The summed E-state index contributed by atoms with van der Waals surface area (Å²) in [6.07, 6.45) is 1.67. The van der Waals surface area contributed by atoms with E-state index in [1.807, 2.05) is 14.0 Å². The summed E-state index contributed by atoms with van der Waals surface area (Å²) >= 11 is 0. The molecule has 104 valence electrons. The molecule has 0 aliphatic heterocycles. The minimum Gasteiger partial charge on any atom is -0.370 e. The standard InChI is InChI=1S/C13H25N3O2/c1-6-17-11(13(2,3)4)12-15-10(18-16-12)8-7-9-14-5/h11,14H,6-9H2,1-5H3. The van der Waals surface area contributed by atoms with Crippen LogP contribution in [0.1, 0.15) is 51.9 Å². The first kappa shape index (κ1) is 15.1. The topological polar surface area (TPSA) is 60.2 Å². The lowest BCUT2D eigenvalue weighted by Gasteiger charge is -2.27. The van der Waals surface area contributed by atoms with E-state index in [2.05, 4.69) is 36.2 Å². The quantitative estimate of drug-likeness (QED) is 0.758. The van der Waals surface area contributed by atoms with Gasteiger partial charge in [0.1, 0.15) is 6.10 Å². The molecule has 0 saturated carbocycles. The maximum Gasteiger partial charge on any atom is 0.226 e. The van der Waals surface area contributed by atoms with Crippen LogP contribution in [0.4, 0.5) is 0 Å². The van der Waals surface area contributed by atoms with Gasteiger partial charge in [0.15, 0.2) is 0 Å². The fourth-order valence-corrected chi connectivity index (χ4v) is 1.77. The van der Waals surface area contributed by atoms with Crippen molar-refractivity contribution in [2.45, 2.75) is 46.6 Å². The monoisotopic (exact) mass is 255 g/mol. The number of aromatic nitrogens is 2. The summed E-state index contributed by atoms with van der Waals surface area (Å²) in [7, 11) is 1.93. The van der Waals surface area contributed by atoms with Crippen molar-refractivity contribution < 1.29 is 9.26 Å². The fraction of sp³-hybridized carbons (Fsp3) is 0.846. The van der Waals surface area contributed by atoms with Crippen molar-refractivity contribution >= 4 is 0 Å². The van der Waals surface area contributed by atoms with Crippen molar-refractivity contribution in [3.63, 3.8) is 0 Å². The Morgan fingerprint density at radius 2 is 2.11 bits per heavy atom. The molecule has 18 heavy (non-hydrogen) atoms. The molecule has 5 nitrogen and oxygen atoms in total. The van der Waals surface area contributed by atoms with Gasteiger partial charge in [-0.05, 0) is 32.4 Å². The number of aryl methyl sites for hydroxylation is 1. The number of nitrogens with zero attached hydrogens (tertiary/aromatic N) is 2. The smallest absolute Gasteiger partial charge is 0.226 e. The van der Waals surface area contributed by atoms with Crippen molar-refractivity contribution in [1.82, 2.24) is 15.5 Å². The number of hydrogen-bond acceptors (Lipinski definition) is 5. The molecule has 1 aromatic heterocycles. The molecular weight excluding hydrogens is 230 g/mol. The zero-order chi connectivity index (χ0) is 13.6. The van der Waals surface area contributed by atoms with Crippen molar-refractivity contribution in [3.05, 3.63) is 11.7 Å². The van der Waals surface area contributed by atoms with Crippen LogP contribution < -0.4 is 5.32 Å². The highest BCUT2D eigenvalue weighted by Gasteiger charge is 2.31. The van der Waals surface area contributed by atoms with Crippen LogP contribution in [-0.4, -0.2) is 30.3 Å². The predicted molar refractivity (Wildman–Crippen MR) is 70.4 cm³/mol. The van der Waals surface area contributed by atoms with Gasteiger partial charge in [-0.15, -0.1) is 0 Å². The average molecular weight is 255 g/mol. The van der Waals surface area contributed by atoms with Crippen LogP contribution >= 0.6 is 0 Å². The third-order valence-corrected chi connectivity index (χ3v) is 2.66. The highest BCUT2D eigenvalue weighted by atomic mass is 16.5. The Bertz CT molecular complexity index is 344. The fourth-order valence-electron chi connectivity index (χ4n) is 1.77. The van der Waals surface area contributed by atoms with E-state index in [-0.39, 0.29) is 11.5 Å². The Hall–Kier alpha value is -0.940. The third kappa shape index (κ3) is 4.38. The SMILES string of the molecule is CCOC(c1noc(CCCNC)n1)C(C)(C)C. The molecule has 0 bridgehead atoms. The second-order valence-electron chi connectivity index (χ2n) is 5.45. The Morgan fingerprint density at radius 3 is 2.67 bits per heavy atom. The minimum absolute atomic E-state index is 0.0396. The Labute approximate surface area is 109 Å². The summed E-state index contributed by atoms with van der Waals surface area (Å²) in [5, 5.41) is 7.15. The zero-order valence-corrected chi connectivity index (χ0v) is 12.1. The van der Waals surface area contributed by atoms with Gasteiger partial charge in [-0.1, -0.05) is 25.9 Å². The van der Waals surface area contributed by atoms with E-state index >= 15 is 0 Å². The Morgan fingerprint density at radius 1 is 1.39 bits per heavy atom. The van der Waals surface area contributed by atoms with Crippen LogP contribution in [0.15, 0.2) is 4.52 Å². The molecule has 0 fully saturated rings. The molecule has 0 saturated heterocycles. The van der Waals surface area contributed by atoms with Gasteiger partial charge < -0.3 is 14.6 Å². The van der Waals surface area contributed by atoms with Gasteiger partial charge in [0.05, 0.1) is 0 Å². The molecule has 1 unspecified atom stereocenters. The van der Waals surface area contributed by atoms with E-state index in [1.54, 1.807) is 0 Å². The number of ether oxygens (including phenoxy) is 1. The normalized spacial score (nSPS) is 13.8. The van der Waals surface area contributed by atoms with Gasteiger partial charge >= 0.3 is 0 Å². The molecule has 0 aliphatic carbocycles. The summed E-state index contributed by atoms with van der Waals surface area (Å²) in [5.41, 5.74) is -0.0396. The highest BCUT2D eigenvalue weighted by molar-refractivity contribution is 4.96. The van der Waals surface area contributed by atoms with E-state index in [9.17, 15) is 0 Å². The molecule has 0 aromatic carbocycles. The lowest BCUT2D eigenvalue weighted by Crippen LogP contribution is -2.22. The summed E-state index contributed by atoms with van der Waals surface area (Å²) < 4.78 is 11.0. The van der Waals surface area contributed by atoms with Gasteiger partial charge in [-0.25, -0.2) is 0 Å². The Balaban J connectivity index is 2.69. The van der Waals surface area contributed by atoms with Gasteiger partial charge in [0, 0.05) is 13.0 Å². The molecule has 5 heteroatoms. The van der Waals surface area contributed by atoms with Crippen molar-refractivity contribution in [2.24, 2.45) is 5.41 Å². The number of hydrogen-bond donors (Lipinski definition) is 1. The van der Waals surface area contributed by atoms with Crippen molar-refractivity contribution in [1.29, 1.82) is 0 Å². The van der Waals surface area contributed by atoms with E-state index in [0.29, 0.717) is 18.3 Å².